The third-order valence-corrected chi connectivity index (χ3v) is 14.8. The van der Waals surface area contributed by atoms with Crippen molar-refractivity contribution < 1.29 is 9.13 Å². The van der Waals surface area contributed by atoms with Crippen molar-refractivity contribution in [3.05, 3.63) is 102 Å². The van der Waals surface area contributed by atoms with E-state index >= 15 is 0 Å². The van der Waals surface area contributed by atoms with E-state index in [1.807, 2.05) is 0 Å². The van der Waals surface area contributed by atoms with Gasteiger partial charge in [-0.25, -0.2) is 4.39 Å². The first kappa shape index (κ1) is 51.7. The maximum absolute atomic E-state index is 12.5. The summed E-state index contributed by atoms with van der Waals surface area (Å²) in [6, 6.07) is 28.1. The van der Waals surface area contributed by atoms with Gasteiger partial charge < -0.3 is 4.74 Å². The molecular weight excluding hydrogens is 732 g/mol. The third kappa shape index (κ3) is 19.6. The lowest BCUT2D eigenvalue weighted by Crippen LogP contribution is -2.20. The second-order valence-corrected chi connectivity index (χ2v) is 19.8. The Labute approximate surface area is 371 Å². The molecule has 6 fully saturated rings. The molecule has 0 aromatic heterocycles. The molecule has 3 aromatic carbocycles. The summed E-state index contributed by atoms with van der Waals surface area (Å²) in [5.74, 6) is 7.12. The summed E-state index contributed by atoms with van der Waals surface area (Å²) in [4.78, 5) is 0. The molecule has 0 bridgehead atoms. The van der Waals surface area contributed by atoms with Gasteiger partial charge in [0, 0.05) is 0 Å². The van der Waals surface area contributed by atoms with Crippen LogP contribution < -0.4 is 4.74 Å². The molecule has 0 saturated heterocycles. The molecule has 0 aliphatic heterocycles. The molecule has 0 unspecified atom stereocenters. The third-order valence-electron chi connectivity index (χ3n) is 14.8. The topological polar surface area (TPSA) is 9.23 Å². The minimum atomic E-state index is -0.221. The molecule has 0 N–H and O–H groups in total. The lowest BCUT2D eigenvalue weighted by Gasteiger charge is -2.27. The number of hydrogen-bond acceptors (Lipinski definition) is 1. The predicted molar refractivity (Wildman–Crippen MR) is 262 cm³/mol. The average molecular weight is 825 g/mol. The van der Waals surface area contributed by atoms with E-state index in [2.05, 4.69) is 109 Å². The summed E-state index contributed by atoms with van der Waals surface area (Å²) in [5.41, 5.74) is 4.22. The van der Waals surface area contributed by atoms with Gasteiger partial charge in [0.05, 0.1) is 6.61 Å². The first-order valence-electron chi connectivity index (χ1n) is 25.2. The van der Waals surface area contributed by atoms with Crippen LogP contribution in [0.3, 0.4) is 0 Å². The zero-order chi connectivity index (χ0) is 42.4. The van der Waals surface area contributed by atoms with Crippen molar-refractivity contribution >= 4 is 0 Å². The Kier molecular flexibility index (Phi) is 24.3. The fourth-order valence-electron chi connectivity index (χ4n) is 9.42. The average Bonchev–Trinajstić information content (AvgIpc) is 4.05. The fraction of sp³-hybridized carbons (Fsp3) is 0.690. The first-order valence-corrected chi connectivity index (χ1v) is 25.2. The molecule has 6 aliphatic carbocycles. The van der Waals surface area contributed by atoms with Crippen LogP contribution >= 0.6 is 0 Å². The van der Waals surface area contributed by atoms with Crippen molar-refractivity contribution in [3.63, 3.8) is 0 Å². The van der Waals surface area contributed by atoms with Gasteiger partial charge in [0.2, 0.25) is 0 Å². The molecule has 6 aliphatic rings. The quantitative estimate of drug-likeness (QED) is 0.156. The second-order valence-electron chi connectivity index (χ2n) is 19.8. The van der Waals surface area contributed by atoms with Crippen molar-refractivity contribution in [3.8, 4) is 5.75 Å². The highest BCUT2D eigenvalue weighted by molar-refractivity contribution is 5.30. The van der Waals surface area contributed by atoms with Crippen LogP contribution in [-0.2, 0) is 10.8 Å². The zero-order valence-electron chi connectivity index (χ0n) is 39.3. The molecule has 1 nitrogen and oxygen atoms in total. The van der Waals surface area contributed by atoms with Crippen LogP contribution in [0.5, 0.6) is 5.75 Å². The summed E-state index contributed by atoms with van der Waals surface area (Å²) in [7, 11) is 0. The highest BCUT2D eigenvalue weighted by Crippen LogP contribution is 2.51. The van der Waals surface area contributed by atoms with E-state index in [1.165, 1.54) is 153 Å². The minimum Gasteiger partial charge on any atom is -0.494 e. The smallest absolute Gasteiger partial charge is 0.123 e. The lowest BCUT2D eigenvalue weighted by atomic mass is 9.77. The first-order chi connectivity index (χ1) is 28.7. The Morgan fingerprint density at radius 3 is 1.37 bits per heavy atom. The van der Waals surface area contributed by atoms with Crippen LogP contribution in [0, 0.1) is 41.3 Å². The number of rotatable bonds is 13. The number of hydrogen-bond donors (Lipinski definition) is 0. The van der Waals surface area contributed by atoms with Crippen molar-refractivity contribution in [1.29, 1.82) is 0 Å². The van der Waals surface area contributed by atoms with Gasteiger partial charge in [0.1, 0.15) is 11.6 Å². The molecule has 0 atom stereocenters. The SMILES string of the molecule is C.CC(C1CC1)C1CC1.CC1CCC(C)CC1.CCC1(c2ccccc2)CC1.CCC1(c2ccccc2)CCCC1.CCCC1CC1.CCCCCOc1ccc(F)cc1. The number of ether oxygens (including phenoxy) is 1. The largest absolute Gasteiger partial charge is 0.494 e. The summed E-state index contributed by atoms with van der Waals surface area (Å²) in [6.45, 7) is 16.9. The van der Waals surface area contributed by atoms with Crippen molar-refractivity contribution in [2.24, 2.45) is 35.5 Å². The highest BCUT2D eigenvalue weighted by Gasteiger charge is 2.42. The molecule has 60 heavy (non-hydrogen) atoms. The van der Waals surface area contributed by atoms with Crippen LogP contribution in [0.4, 0.5) is 4.39 Å². The predicted octanol–water partition coefficient (Wildman–Crippen LogP) is 18.5. The van der Waals surface area contributed by atoms with Gasteiger partial charge in [0.15, 0.2) is 0 Å². The van der Waals surface area contributed by atoms with Gasteiger partial charge in [-0.2, -0.15) is 0 Å². The molecule has 9 rings (SSSR count). The summed E-state index contributed by atoms with van der Waals surface area (Å²) in [6.07, 6.45) is 32.4. The maximum atomic E-state index is 12.5. The Bertz CT molecular complexity index is 1430. The van der Waals surface area contributed by atoms with E-state index < -0.39 is 0 Å². The van der Waals surface area contributed by atoms with E-state index in [9.17, 15) is 4.39 Å². The van der Waals surface area contributed by atoms with Gasteiger partial charge in [-0.1, -0.05) is 194 Å². The number of benzene rings is 3. The Morgan fingerprint density at radius 2 is 1.02 bits per heavy atom. The molecule has 0 amide bonds. The van der Waals surface area contributed by atoms with E-state index in [0.29, 0.717) is 10.8 Å². The minimum absolute atomic E-state index is 0. The van der Waals surface area contributed by atoms with Gasteiger partial charge in [-0.15, -0.1) is 0 Å². The molecule has 6 saturated carbocycles. The van der Waals surface area contributed by atoms with Crippen LogP contribution in [0.2, 0.25) is 0 Å². The van der Waals surface area contributed by atoms with E-state index in [1.54, 1.807) is 23.3 Å². The van der Waals surface area contributed by atoms with Gasteiger partial charge >= 0.3 is 0 Å². The standard InChI is InChI=1S/C13H18.C11H15FO.C11H14.C8H14.C8H16.C6H12.CH4/c1-2-13(10-6-7-11-13)12-8-4-3-5-9-12;1-2-3-4-9-13-11-7-5-10(12)6-8-11;1-2-11(8-9-11)10-6-4-3-5-7-10;1-6(7-2-3-7)8-4-5-8;1-7-3-5-8(2)6-4-7;1-2-3-6-4-5-6;/h3-5,8-9H,2,6-7,10-11H2,1H3;5-8H,2-4,9H2,1H3;3-7H,2,8-9H2,1H3;6-8H,2-5H2,1H3;7-8H,3-6H2,1-2H3;6H,2-5H2,1H3;1H4. The molecule has 0 heterocycles. The number of unbranched alkanes of at least 4 members (excludes halogenated alkanes) is 2. The van der Waals surface area contributed by atoms with Crippen molar-refractivity contribution in [2.75, 3.05) is 6.61 Å². The summed E-state index contributed by atoms with van der Waals surface area (Å²) >= 11 is 0. The molecule has 338 valence electrons. The molecule has 0 radical (unpaired) electrons. The zero-order valence-corrected chi connectivity index (χ0v) is 39.3. The van der Waals surface area contributed by atoms with Gasteiger partial charge in [-0.05, 0) is 152 Å². The summed E-state index contributed by atoms with van der Waals surface area (Å²) in [5, 5.41) is 0. The Hall–Kier alpha value is -2.61. The van der Waals surface area contributed by atoms with Crippen LogP contribution in [0.1, 0.15) is 215 Å². The van der Waals surface area contributed by atoms with Gasteiger partial charge in [-0.3, -0.25) is 0 Å². The Morgan fingerprint density at radius 1 is 0.567 bits per heavy atom. The van der Waals surface area contributed by atoms with E-state index in [4.69, 9.17) is 4.74 Å². The normalized spacial score (nSPS) is 21.6. The van der Waals surface area contributed by atoms with Crippen molar-refractivity contribution in [1.82, 2.24) is 0 Å². The van der Waals surface area contributed by atoms with Crippen LogP contribution in [-0.4, -0.2) is 6.61 Å². The van der Waals surface area contributed by atoms with Crippen LogP contribution in [0.15, 0.2) is 84.9 Å². The van der Waals surface area contributed by atoms with E-state index in [-0.39, 0.29) is 13.2 Å². The maximum Gasteiger partial charge on any atom is 0.123 e. The number of halogens is 1. The van der Waals surface area contributed by atoms with Gasteiger partial charge in [0.25, 0.3) is 0 Å². The molecule has 3 aromatic rings. The second kappa shape index (κ2) is 28.2. The lowest BCUT2D eigenvalue weighted by molar-refractivity contribution is 0.306. The fourth-order valence-corrected chi connectivity index (χ4v) is 9.42. The molecule has 2 heteroatoms. The molecule has 0 spiro atoms. The highest BCUT2D eigenvalue weighted by atomic mass is 19.1. The molecular formula is C58H93FO. The summed E-state index contributed by atoms with van der Waals surface area (Å²) < 4.78 is 17.9. The van der Waals surface area contributed by atoms with Crippen LogP contribution in [0.25, 0.3) is 0 Å². The van der Waals surface area contributed by atoms with E-state index in [0.717, 1.165) is 54.3 Å². The van der Waals surface area contributed by atoms with Crippen molar-refractivity contribution in [2.45, 2.75) is 214 Å². The monoisotopic (exact) mass is 825 g/mol. The Balaban J connectivity index is 0.000000195.